The number of hydrogen-bond donors (Lipinski definition) is 0. The summed E-state index contributed by atoms with van der Waals surface area (Å²) in [4.78, 5) is 45.4. The van der Waals surface area contributed by atoms with Crippen LogP contribution in [-0.2, 0) is 20.8 Å². The highest BCUT2D eigenvalue weighted by Gasteiger charge is 2.47. The molecular weight excluding hydrogens is 412 g/mol. The number of aromatic nitrogens is 1. The van der Waals surface area contributed by atoms with Gasteiger partial charge in [-0.15, -0.1) is 5.92 Å². The summed E-state index contributed by atoms with van der Waals surface area (Å²) < 4.78 is 0. The minimum Gasteiger partial charge on any atom is -0.342 e. The van der Waals surface area contributed by atoms with Gasteiger partial charge in [-0.05, 0) is 80.0 Å². The molecule has 170 valence electrons. The molecule has 2 fully saturated rings. The van der Waals surface area contributed by atoms with Crippen molar-refractivity contribution in [1.29, 1.82) is 0 Å². The Morgan fingerprint density at radius 3 is 2.27 bits per heavy atom. The van der Waals surface area contributed by atoms with E-state index in [0.717, 1.165) is 27.9 Å². The van der Waals surface area contributed by atoms with Gasteiger partial charge in [-0.1, -0.05) is 12.0 Å². The molecule has 4 rings (SSSR count). The molecule has 33 heavy (non-hydrogen) atoms. The van der Waals surface area contributed by atoms with Crippen LogP contribution in [0.15, 0.2) is 36.5 Å². The predicted octanol–water partition coefficient (Wildman–Crippen LogP) is 3.94. The Balaban J connectivity index is 1.45. The Kier molecular flexibility index (Phi) is 6.47. The van der Waals surface area contributed by atoms with Crippen molar-refractivity contribution in [3.8, 4) is 11.8 Å². The van der Waals surface area contributed by atoms with Crippen LogP contribution >= 0.6 is 0 Å². The highest BCUT2D eigenvalue weighted by atomic mass is 16.2. The summed E-state index contributed by atoms with van der Waals surface area (Å²) in [5, 5.41) is 0. The smallest absolute Gasteiger partial charge is 0.228 e. The number of aryl methyl sites for hydroxylation is 2. The topological polar surface area (TPSA) is 67.3 Å². The van der Waals surface area contributed by atoms with Gasteiger partial charge in [0.15, 0.2) is 0 Å². The summed E-state index contributed by atoms with van der Waals surface area (Å²) in [5.41, 5.74) is 4.10. The quantitative estimate of drug-likeness (QED) is 0.534. The number of piperidine rings is 1. The van der Waals surface area contributed by atoms with E-state index < -0.39 is 5.92 Å². The molecule has 0 bridgehead atoms. The van der Waals surface area contributed by atoms with E-state index in [9.17, 15) is 14.4 Å². The third-order valence-corrected chi connectivity index (χ3v) is 7.13. The minimum atomic E-state index is -0.678. The Hall–Kier alpha value is -3.26. The Morgan fingerprint density at radius 2 is 1.73 bits per heavy atom. The van der Waals surface area contributed by atoms with E-state index in [1.165, 1.54) is 0 Å². The van der Waals surface area contributed by atoms with Crippen molar-refractivity contribution in [2.45, 2.75) is 58.8 Å². The SMILES string of the molecule is CC#Cc1cc(C)c(C2C(=O)CC3(CCN(C(=O)Cc4ccccn4)CC3)CC2=O)c(C)c1. The molecule has 0 radical (unpaired) electrons. The average molecular weight is 443 g/mol. The van der Waals surface area contributed by atoms with E-state index >= 15 is 0 Å². The lowest BCUT2D eigenvalue weighted by Gasteiger charge is -2.44. The molecule has 1 amide bonds. The number of pyridine rings is 1. The maximum Gasteiger partial charge on any atom is 0.228 e. The van der Waals surface area contributed by atoms with Crippen molar-refractivity contribution >= 4 is 17.5 Å². The lowest BCUT2D eigenvalue weighted by molar-refractivity contribution is -0.140. The molecule has 1 saturated heterocycles. The zero-order valence-electron chi connectivity index (χ0n) is 19.6. The number of rotatable bonds is 3. The van der Waals surface area contributed by atoms with Crippen LogP contribution in [0, 0.1) is 31.1 Å². The first-order valence-corrected chi connectivity index (χ1v) is 11.6. The zero-order chi connectivity index (χ0) is 23.6. The van der Waals surface area contributed by atoms with Crippen LogP contribution in [-0.4, -0.2) is 40.4 Å². The zero-order valence-corrected chi connectivity index (χ0v) is 19.6. The first-order chi connectivity index (χ1) is 15.8. The molecule has 2 heterocycles. The molecule has 0 atom stereocenters. The molecule has 2 aliphatic rings. The van der Waals surface area contributed by atoms with Gasteiger partial charge in [0.05, 0.1) is 6.42 Å². The summed E-state index contributed by atoms with van der Waals surface area (Å²) in [6, 6.07) is 9.50. The highest BCUT2D eigenvalue weighted by Crippen LogP contribution is 2.46. The fourth-order valence-corrected chi connectivity index (χ4v) is 5.51. The second-order valence-electron chi connectivity index (χ2n) is 9.50. The van der Waals surface area contributed by atoms with Gasteiger partial charge >= 0.3 is 0 Å². The third kappa shape index (κ3) is 4.75. The molecule has 0 N–H and O–H groups in total. The number of ketones is 2. The standard InChI is InChI=1S/C28H30N2O3/c1-4-7-21-14-19(2)26(20(3)15-21)27-23(31)17-28(18-24(27)32)9-12-30(13-10-28)25(33)16-22-8-5-6-11-29-22/h5-6,8,11,14-15,27H,9-10,12-13,16-18H2,1-3H3. The van der Waals surface area contributed by atoms with Gasteiger partial charge in [-0.2, -0.15) is 0 Å². The van der Waals surface area contributed by atoms with Gasteiger partial charge in [0.25, 0.3) is 0 Å². The first kappa shape index (κ1) is 22.9. The van der Waals surface area contributed by atoms with Gasteiger partial charge in [-0.3, -0.25) is 19.4 Å². The molecule has 5 nitrogen and oxygen atoms in total. The van der Waals surface area contributed by atoms with Gasteiger partial charge in [0.1, 0.15) is 17.5 Å². The van der Waals surface area contributed by atoms with E-state index in [1.807, 2.05) is 49.1 Å². The Bertz CT molecular complexity index is 1110. The summed E-state index contributed by atoms with van der Waals surface area (Å²) in [6.45, 7) is 6.88. The minimum absolute atomic E-state index is 0.0139. The molecule has 1 spiro atoms. The summed E-state index contributed by atoms with van der Waals surface area (Å²) >= 11 is 0. The van der Waals surface area contributed by atoms with Crippen LogP contribution in [0.4, 0.5) is 0 Å². The second kappa shape index (κ2) is 9.31. The maximum absolute atomic E-state index is 13.3. The molecule has 1 saturated carbocycles. The monoisotopic (exact) mass is 442 g/mol. The number of benzene rings is 1. The Labute approximate surface area is 195 Å². The van der Waals surface area contributed by atoms with E-state index in [1.54, 1.807) is 13.1 Å². The van der Waals surface area contributed by atoms with Gasteiger partial charge in [0, 0.05) is 43.4 Å². The van der Waals surface area contributed by atoms with Crippen molar-refractivity contribution in [1.82, 2.24) is 9.88 Å². The van der Waals surface area contributed by atoms with Crippen molar-refractivity contribution in [3.05, 3.63) is 64.5 Å². The molecule has 0 unspecified atom stereocenters. The van der Waals surface area contributed by atoms with Crippen molar-refractivity contribution in [2.24, 2.45) is 5.41 Å². The van der Waals surface area contributed by atoms with Gasteiger partial charge < -0.3 is 4.90 Å². The fourth-order valence-electron chi connectivity index (χ4n) is 5.51. The highest BCUT2D eigenvalue weighted by molar-refractivity contribution is 6.10. The number of hydrogen-bond acceptors (Lipinski definition) is 4. The van der Waals surface area contributed by atoms with Crippen molar-refractivity contribution in [3.63, 3.8) is 0 Å². The van der Waals surface area contributed by atoms with Gasteiger partial charge in [-0.25, -0.2) is 0 Å². The van der Waals surface area contributed by atoms with E-state index in [2.05, 4.69) is 16.8 Å². The predicted molar refractivity (Wildman–Crippen MR) is 127 cm³/mol. The molecule has 2 aromatic rings. The number of likely N-dealkylation sites (tertiary alicyclic amines) is 1. The van der Waals surface area contributed by atoms with Crippen molar-refractivity contribution < 1.29 is 14.4 Å². The number of amides is 1. The average Bonchev–Trinajstić information content (AvgIpc) is 2.76. The summed E-state index contributed by atoms with van der Waals surface area (Å²) in [7, 11) is 0. The van der Waals surface area contributed by atoms with Crippen LogP contribution in [0.2, 0.25) is 0 Å². The molecule has 1 aromatic carbocycles. The number of Topliss-reactive ketones (excluding diaryl/α,β-unsaturated/α-hetero) is 2. The number of carbonyl (C=O) groups is 3. The normalized spacial score (nSPS) is 18.2. The van der Waals surface area contributed by atoms with Crippen LogP contribution in [0.5, 0.6) is 0 Å². The van der Waals surface area contributed by atoms with E-state index in [-0.39, 0.29) is 29.3 Å². The van der Waals surface area contributed by atoms with E-state index in [0.29, 0.717) is 38.8 Å². The summed E-state index contributed by atoms with van der Waals surface area (Å²) in [6.07, 6.45) is 4.16. The molecule has 1 aliphatic heterocycles. The lowest BCUT2D eigenvalue weighted by Crippen LogP contribution is -2.48. The van der Waals surface area contributed by atoms with Crippen molar-refractivity contribution in [2.75, 3.05) is 13.1 Å². The molecular formula is C28H30N2O3. The second-order valence-corrected chi connectivity index (χ2v) is 9.50. The molecule has 1 aliphatic carbocycles. The first-order valence-electron chi connectivity index (χ1n) is 11.6. The summed E-state index contributed by atoms with van der Waals surface area (Å²) in [5.74, 6) is 5.37. The largest absolute Gasteiger partial charge is 0.342 e. The van der Waals surface area contributed by atoms with Crippen LogP contribution in [0.1, 0.15) is 66.5 Å². The number of nitrogens with zero attached hydrogens (tertiary/aromatic N) is 2. The molecule has 1 aromatic heterocycles. The van der Waals surface area contributed by atoms with E-state index in [4.69, 9.17) is 0 Å². The third-order valence-electron chi connectivity index (χ3n) is 7.13. The molecule has 5 heteroatoms. The van der Waals surface area contributed by atoms with Crippen LogP contribution in [0.25, 0.3) is 0 Å². The maximum atomic E-state index is 13.3. The Morgan fingerprint density at radius 1 is 1.09 bits per heavy atom. The fraction of sp³-hybridized carbons (Fsp3) is 0.429. The van der Waals surface area contributed by atoms with Gasteiger partial charge in [0.2, 0.25) is 5.91 Å². The number of carbonyl (C=O) groups excluding carboxylic acids is 3. The van der Waals surface area contributed by atoms with Crippen LogP contribution < -0.4 is 0 Å². The lowest BCUT2D eigenvalue weighted by atomic mass is 9.62. The van der Waals surface area contributed by atoms with Crippen LogP contribution in [0.3, 0.4) is 0 Å².